The zero-order valence-electron chi connectivity index (χ0n) is 10.4. The Morgan fingerprint density at radius 1 is 1.05 bits per heavy atom. The van der Waals surface area contributed by atoms with Crippen molar-refractivity contribution in [3.63, 3.8) is 0 Å². The lowest BCUT2D eigenvalue weighted by atomic mass is 10.2. The Hall–Kier alpha value is -1.84. The fraction of sp³-hybridized carbons (Fsp3) is 0.133. The molecule has 0 aliphatic rings. The van der Waals surface area contributed by atoms with E-state index in [1.807, 2.05) is 54.6 Å². The van der Waals surface area contributed by atoms with E-state index in [-0.39, 0.29) is 12.5 Å². The van der Waals surface area contributed by atoms with Crippen LogP contribution >= 0.6 is 11.6 Å². The molecule has 0 radical (unpaired) electrons. The average Bonchev–Trinajstić information content (AvgIpc) is 2.40. The second-order valence-electron chi connectivity index (χ2n) is 4.15. The molecule has 0 aliphatic heterocycles. The number of nitrogens with one attached hydrogen (secondary N) is 2. The van der Waals surface area contributed by atoms with Crippen LogP contribution in [0.5, 0.6) is 0 Å². The Bertz CT molecular complexity index is 543. The van der Waals surface area contributed by atoms with Gasteiger partial charge in [0.25, 0.3) is 0 Å². The Kier molecular flexibility index (Phi) is 4.95. The van der Waals surface area contributed by atoms with Gasteiger partial charge in [0, 0.05) is 17.3 Å². The molecule has 0 aromatic heterocycles. The van der Waals surface area contributed by atoms with Crippen LogP contribution in [0.4, 0.5) is 5.69 Å². The first-order chi connectivity index (χ1) is 9.24. The van der Waals surface area contributed by atoms with Crippen LogP contribution in [0.2, 0.25) is 5.02 Å². The molecule has 0 unspecified atom stereocenters. The van der Waals surface area contributed by atoms with Crippen molar-refractivity contribution in [2.75, 3.05) is 11.9 Å². The molecule has 0 heterocycles. The van der Waals surface area contributed by atoms with E-state index in [0.29, 0.717) is 11.6 Å². The predicted molar refractivity (Wildman–Crippen MR) is 78.2 cm³/mol. The summed E-state index contributed by atoms with van der Waals surface area (Å²) in [5.74, 6) is -0.0618. The second kappa shape index (κ2) is 6.92. The number of rotatable bonds is 5. The molecule has 19 heavy (non-hydrogen) atoms. The Morgan fingerprint density at radius 3 is 2.58 bits per heavy atom. The van der Waals surface area contributed by atoms with E-state index in [9.17, 15) is 4.79 Å². The molecule has 0 spiro atoms. The molecule has 2 aromatic rings. The highest BCUT2D eigenvalue weighted by molar-refractivity contribution is 6.30. The maximum atomic E-state index is 11.7. The molecule has 4 heteroatoms. The van der Waals surface area contributed by atoms with Crippen molar-refractivity contribution in [1.29, 1.82) is 0 Å². The third-order valence-corrected chi connectivity index (χ3v) is 2.80. The Labute approximate surface area is 117 Å². The van der Waals surface area contributed by atoms with Gasteiger partial charge in [-0.2, -0.15) is 0 Å². The molecule has 0 atom stereocenters. The summed E-state index contributed by atoms with van der Waals surface area (Å²) in [4.78, 5) is 11.7. The van der Waals surface area contributed by atoms with Crippen molar-refractivity contribution < 1.29 is 4.79 Å². The molecular formula is C15H15ClN2O. The van der Waals surface area contributed by atoms with Crippen LogP contribution < -0.4 is 10.6 Å². The predicted octanol–water partition coefficient (Wildman–Crippen LogP) is 3.07. The molecule has 2 aromatic carbocycles. The van der Waals surface area contributed by atoms with E-state index in [1.165, 1.54) is 0 Å². The molecule has 2 rings (SSSR count). The van der Waals surface area contributed by atoms with Gasteiger partial charge in [-0.15, -0.1) is 0 Å². The zero-order valence-corrected chi connectivity index (χ0v) is 11.2. The fourth-order valence-electron chi connectivity index (χ4n) is 1.69. The van der Waals surface area contributed by atoms with Crippen LogP contribution in [0.15, 0.2) is 54.6 Å². The van der Waals surface area contributed by atoms with E-state index < -0.39 is 0 Å². The largest absolute Gasteiger partial charge is 0.325 e. The van der Waals surface area contributed by atoms with Crippen LogP contribution in [0, 0.1) is 0 Å². The van der Waals surface area contributed by atoms with Gasteiger partial charge in [-0.25, -0.2) is 0 Å². The minimum atomic E-state index is -0.0618. The molecule has 0 saturated carbocycles. The van der Waals surface area contributed by atoms with Gasteiger partial charge < -0.3 is 10.6 Å². The van der Waals surface area contributed by atoms with E-state index in [1.54, 1.807) is 0 Å². The van der Waals surface area contributed by atoms with Gasteiger partial charge >= 0.3 is 0 Å². The number of benzene rings is 2. The normalized spacial score (nSPS) is 10.2. The Morgan fingerprint density at radius 2 is 1.84 bits per heavy atom. The summed E-state index contributed by atoms with van der Waals surface area (Å²) in [6, 6.07) is 17.0. The number of carbonyl (C=O) groups is 1. The minimum Gasteiger partial charge on any atom is -0.325 e. The van der Waals surface area contributed by atoms with E-state index >= 15 is 0 Å². The van der Waals surface area contributed by atoms with Gasteiger partial charge in [0.15, 0.2) is 0 Å². The fourth-order valence-corrected chi connectivity index (χ4v) is 1.91. The summed E-state index contributed by atoms with van der Waals surface area (Å²) in [5.41, 5.74) is 1.86. The maximum Gasteiger partial charge on any atom is 0.238 e. The van der Waals surface area contributed by atoms with Crippen molar-refractivity contribution in [2.45, 2.75) is 6.54 Å². The zero-order chi connectivity index (χ0) is 13.5. The third kappa shape index (κ3) is 4.73. The topological polar surface area (TPSA) is 41.1 Å². The molecule has 98 valence electrons. The lowest BCUT2D eigenvalue weighted by Gasteiger charge is -2.07. The first-order valence-electron chi connectivity index (χ1n) is 6.04. The van der Waals surface area contributed by atoms with Crippen molar-refractivity contribution in [2.24, 2.45) is 0 Å². The SMILES string of the molecule is O=C(CNCc1cccc(Cl)c1)Nc1ccccc1. The highest BCUT2D eigenvalue weighted by atomic mass is 35.5. The van der Waals surface area contributed by atoms with Crippen molar-refractivity contribution in [3.8, 4) is 0 Å². The van der Waals surface area contributed by atoms with Crippen molar-refractivity contribution >= 4 is 23.2 Å². The van der Waals surface area contributed by atoms with Crippen molar-refractivity contribution in [3.05, 3.63) is 65.2 Å². The smallest absolute Gasteiger partial charge is 0.238 e. The second-order valence-corrected chi connectivity index (χ2v) is 4.58. The third-order valence-electron chi connectivity index (χ3n) is 2.56. The lowest BCUT2D eigenvalue weighted by molar-refractivity contribution is -0.115. The summed E-state index contributed by atoms with van der Waals surface area (Å²) < 4.78 is 0. The first kappa shape index (κ1) is 13.6. The number of hydrogen-bond acceptors (Lipinski definition) is 2. The van der Waals surface area contributed by atoms with Gasteiger partial charge in [0.1, 0.15) is 0 Å². The number of anilines is 1. The summed E-state index contributed by atoms with van der Waals surface area (Å²) in [5, 5.41) is 6.59. The van der Waals surface area contributed by atoms with Gasteiger partial charge in [0.05, 0.1) is 6.54 Å². The molecule has 0 aliphatic carbocycles. The summed E-state index contributed by atoms with van der Waals surface area (Å²) >= 11 is 5.89. The van der Waals surface area contributed by atoms with Gasteiger partial charge in [-0.3, -0.25) is 4.79 Å². The van der Waals surface area contributed by atoms with Gasteiger partial charge in [-0.05, 0) is 29.8 Å². The quantitative estimate of drug-likeness (QED) is 0.880. The van der Waals surface area contributed by atoms with Crippen LogP contribution in [-0.4, -0.2) is 12.5 Å². The number of carbonyl (C=O) groups excluding carboxylic acids is 1. The molecule has 2 N–H and O–H groups in total. The number of hydrogen-bond donors (Lipinski definition) is 2. The van der Waals surface area contributed by atoms with Gasteiger partial charge in [-0.1, -0.05) is 41.9 Å². The highest BCUT2D eigenvalue weighted by Gasteiger charge is 2.01. The van der Waals surface area contributed by atoms with E-state index in [4.69, 9.17) is 11.6 Å². The average molecular weight is 275 g/mol. The molecule has 3 nitrogen and oxygen atoms in total. The molecule has 0 fully saturated rings. The number of halogens is 1. The summed E-state index contributed by atoms with van der Waals surface area (Å²) in [6.45, 7) is 0.879. The van der Waals surface area contributed by atoms with Gasteiger partial charge in [0.2, 0.25) is 5.91 Å². The Balaban J connectivity index is 1.75. The van der Waals surface area contributed by atoms with Crippen molar-refractivity contribution in [1.82, 2.24) is 5.32 Å². The van der Waals surface area contributed by atoms with Crippen LogP contribution in [-0.2, 0) is 11.3 Å². The molecule has 1 amide bonds. The van der Waals surface area contributed by atoms with Crippen LogP contribution in [0.25, 0.3) is 0 Å². The standard InChI is InChI=1S/C15H15ClN2O/c16-13-6-4-5-12(9-13)10-17-11-15(19)18-14-7-2-1-3-8-14/h1-9,17H,10-11H2,(H,18,19). The molecular weight excluding hydrogens is 260 g/mol. The molecule has 0 bridgehead atoms. The van der Waals surface area contributed by atoms with Crippen LogP contribution in [0.1, 0.15) is 5.56 Å². The van der Waals surface area contributed by atoms with Crippen LogP contribution in [0.3, 0.4) is 0 Å². The summed E-state index contributed by atoms with van der Waals surface area (Å²) in [7, 11) is 0. The summed E-state index contributed by atoms with van der Waals surface area (Å²) in [6.07, 6.45) is 0. The number of amides is 1. The first-order valence-corrected chi connectivity index (χ1v) is 6.42. The lowest BCUT2D eigenvalue weighted by Crippen LogP contribution is -2.27. The molecule has 0 saturated heterocycles. The van der Waals surface area contributed by atoms with E-state index in [0.717, 1.165) is 11.3 Å². The maximum absolute atomic E-state index is 11.7. The highest BCUT2D eigenvalue weighted by Crippen LogP contribution is 2.10. The monoisotopic (exact) mass is 274 g/mol. The minimum absolute atomic E-state index is 0.0618. The van der Waals surface area contributed by atoms with E-state index in [2.05, 4.69) is 10.6 Å². The number of para-hydroxylation sites is 1.